The van der Waals surface area contributed by atoms with Crippen LogP contribution in [0, 0.1) is 5.41 Å². The molecule has 0 N–H and O–H groups in total. The van der Waals surface area contributed by atoms with Gasteiger partial charge < -0.3 is 0 Å². The second-order valence-electron chi connectivity index (χ2n) is 5.58. The third kappa shape index (κ3) is 6.36. The Morgan fingerprint density at radius 3 is 2.13 bits per heavy atom. The van der Waals surface area contributed by atoms with Crippen molar-refractivity contribution in [2.45, 2.75) is 59.3 Å². The van der Waals surface area contributed by atoms with Crippen molar-refractivity contribution in [3.63, 3.8) is 0 Å². The van der Waals surface area contributed by atoms with Crippen molar-refractivity contribution in [1.82, 2.24) is 0 Å². The maximum absolute atomic E-state index is 3.27. The highest BCUT2D eigenvalue weighted by Gasteiger charge is 2.03. The SMILES string of the molecule is CC(C)(C)C=C=CC=C1CCCCCC1. The zero-order chi connectivity index (χ0) is 11.1. The van der Waals surface area contributed by atoms with Crippen molar-refractivity contribution in [2.24, 2.45) is 5.41 Å². The lowest BCUT2D eigenvalue weighted by molar-refractivity contribution is 0.545. The monoisotopic (exact) mass is 204 g/mol. The topological polar surface area (TPSA) is 0 Å². The molecular weight excluding hydrogens is 180 g/mol. The highest BCUT2D eigenvalue weighted by molar-refractivity contribution is 5.13. The van der Waals surface area contributed by atoms with E-state index < -0.39 is 0 Å². The number of rotatable bonds is 1. The van der Waals surface area contributed by atoms with Gasteiger partial charge in [0.2, 0.25) is 0 Å². The van der Waals surface area contributed by atoms with Crippen molar-refractivity contribution in [3.05, 3.63) is 29.5 Å². The van der Waals surface area contributed by atoms with E-state index in [1.165, 1.54) is 38.5 Å². The van der Waals surface area contributed by atoms with E-state index in [2.05, 4.69) is 44.7 Å². The fourth-order valence-electron chi connectivity index (χ4n) is 1.81. The van der Waals surface area contributed by atoms with Crippen LogP contribution in [0.2, 0.25) is 0 Å². The largest absolute Gasteiger partial charge is 0.125 e. The van der Waals surface area contributed by atoms with Crippen LogP contribution in [0.15, 0.2) is 29.5 Å². The summed E-state index contributed by atoms with van der Waals surface area (Å²) in [6, 6.07) is 0. The van der Waals surface area contributed by atoms with Crippen molar-refractivity contribution in [3.8, 4) is 0 Å². The molecule has 15 heavy (non-hydrogen) atoms. The highest BCUT2D eigenvalue weighted by Crippen LogP contribution is 2.21. The van der Waals surface area contributed by atoms with Gasteiger partial charge >= 0.3 is 0 Å². The van der Waals surface area contributed by atoms with Gasteiger partial charge in [-0.1, -0.05) is 45.3 Å². The molecule has 0 aliphatic heterocycles. The number of hydrogen-bond donors (Lipinski definition) is 0. The Morgan fingerprint density at radius 1 is 1.00 bits per heavy atom. The molecule has 0 heteroatoms. The normalized spacial score (nSPS) is 17.7. The summed E-state index contributed by atoms with van der Waals surface area (Å²) in [5.74, 6) is 0. The van der Waals surface area contributed by atoms with E-state index in [-0.39, 0.29) is 5.41 Å². The van der Waals surface area contributed by atoms with Gasteiger partial charge in [-0.05, 0) is 43.3 Å². The number of hydrogen-bond acceptors (Lipinski definition) is 0. The van der Waals surface area contributed by atoms with Crippen LogP contribution in [0.5, 0.6) is 0 Å². The van der Waals surface area contributed by atoms with Crippen LogP contribution in [0.1, 0.15) is 59.3 Å². The van der Waals surface area contributed by atoms with Gasteiger partial charge in [0.05, 0.1) is 0 Å². The summed E-state index contributed by atoms with van der Waals surface area (Å²) in [5, 5.41) is 0. The fraction of sp³-hybridized carbons (Fsp3) is 0.667. The molecule has 1 rings (SSSR count). The minimum Gasteiger partial charge on any atom is -0.125 e. The summed E-state index contributed by atoms with van der Waals surface area (Å²) in [6.07, 6.45) is 14.7. The Kier molecular flexibility index (Phi) is 4.91. The maximum Gasteiger partial charge on any atom is -0.0127 e. The standard InChI is InChI=1S/C15H24/c1-15(2,3)13-9-8-12-14-10-6-4-5-7-11-14/h8,12-13H,4-7,10-11H2,1-3H3. The summed E-state index contributed by atoms with van der Waals surface area (Å²) in [5.41, 5.74) is 5.13. The quantitative estimate of drug-likeness (QED) is 0.415. The van der Waals surface area contributed by atoms with E-state index in [1.807, 2.05) is 0 Å². The van der Waals surface area contributed by atoms with Crippen LogP contribution >= 0.6 is 0 Å². The fourth-order valence-corrected chi connectivity index (χ4v) is 1.81. The molecule has 84 valence electrons. The summed E-state index contributed by atoms with van der Waals surface area (Å²) >= 11 is 0. The van der Waals surface area contributed by atoms with Gasteiger partial charge in [0, 0.05) is 0 Å². The van der Waals surface area contributed by atoms with Crippen LogP contribution in [0.25, 0.3) is 0 Å². The lowest BCUT2D eigenvalue weighted by atomic mass is 9.97. The van der Waals surface area contributed by atoms with Gasteiger partial charge in [0.15, 0.2) is 0 Å². The first-order valence-corrected chi connectivity index (χ1v) is 6.20. The van der Waals surface area contributed by atoms with Crippen LogP contribution in [-0.4, -0.2) is 0 Å². The average Bonchev–Trinajstić information content (AvgIpc) is 2.39. The molecule has 0 aromatic rings. The molecule has 0 aromatic heterocycles. The molecule has 0 atom stereocenters. The van der Waals surface area contributed by atoms with Crippen LogP contribution in [-0.2, 0) is 0 Å². The zero-order valence-corrected chi connectivity index (χ0v) is 10.5. The molecule has 0 heterocycles. The van der Waals surface area contributed by atoms with Gasteiger partial charge in [-0.2, -0.15) is 0 Å². The molecule has 0 aromatic carbocycles. The summed E-state index contributed by atoms with van der Waals surface area (Å²) in [6.45, 7) is 6.60. The van der Waals surface area contributed by atoms with Gasteiger partial charge in [-0.15, -0.1) is 5.73 Å². The molecule has 1 fully saturated rings. The first-order chi connectivity index (χ1) is 7.08. The van der Waals surface area contributed by atoms with Gasteiger partial charge in [-0.3, -0.25) is 0 Å². The first-order valence-electron chi connectivity index (χ1n) is 6.20. The third-order valence-corrected chi connectivity index (χ3v) is 2.68. The van der Waals surface area contributed by atoms with Crippen LogP contribution in [0.3, 0.4) is 0 Å². The zero-order valence-electron chi connectivity index (χ0n) is 10.5. The van der Waals surface area contributed by atoms with E-state index in [9.17, 15) is 0 Å². The first kappa shape index (κ1) is 12.3. The second-order valence-corrected chi connectivity index (χ2v) is 5.58. The number of allylic oxidation sites excluding steroid dienone is 3. The van der Waals surface area contributed by atoms with Crippen molar-refractivity contribution in [1.29, 1.82) is 0 Å². The molecule has 0 nitrogen and oxygen atoms in total. The lowest BCUT2D eigenvalue weighted by Gasteiger charge is -2.08. The van der Waals surface area contributed by atoms with E-state index in [4.69, 9.17) is 0 Å². The Morgan fingerprint density at radius 2 is 1.60 bits per heavy atom. The molecule has 0 bridgehead atoms. The molecule has 0 unspecified atom stereocenters. The van der Waals surface area contributed by atoms with Gasteiger partial charge in [-0.25, -0.2) is 0 Å². The Balaban J connectivity index is 2.51. The Labute approximate surface area is 94.8 Å². The molecule has 1 aliphatic rings. The Bertz CT molecular complexity index is 257. The smallest absolute Gasteiger partial charge is 0.0127 e. The van der Waals surface area contributed by atoms with Crippen molar-refractivity contribution >= 4 is 0 Å². The van der Waals surface area contributed by atoms with Crippen LogP contribution < -0.4 is 0 Å². The molecule has 0 amide bonds. The lowest BCUT2D eigenvalue weighted by Crippen LogP contribution is -1.96. The third-order valence-electron chi connectivity index (χ3n) is 2.68. The molecule has 1 saturated carbocycles. The van der Waals surface area contributed by atoms with E-state index >= 15 is 0 Å². The minimum absolute atomic E-state index is 0.248. The molecule has 0 radical (unpaired) electrons. The van der Waals surface area contributed by atoms with Crippen molar-refractivity contribution < 1.29 is 0 Å². The summed E-state index contributed by atoms with van der Waals surface area (Å²) in [4.78, 5) is 0. The minimum atomic E-state index is 0.248. The molecule has 0 spiro atoms. The molecular formula is C15H24. The van der Waals surface area contributed by atoms with E-state index in [1.54, 1.807) is 5.57 Å². The second kappa shape index (κ2) is 5.98. The van der Waals surface area contributed by atoms with E-state index in [0.29, 0.717) is 0 Å². The van der Waals surface area contributed by atoms with Gasteiger partial charge in [0.1, 0.15) is 0 Å². The predicted octanol–water partition coefficient (Wildman–Crippen LogP) is 5.02. The Hall–Kier alpha value is -0.740. The summed E-state index contributed by atoms with van der Waals surface area (Å²) < 4.78 is 0. The molecule has 1 aliphatic carbocycles. The van der Waals surface area contributed by atoms with Gasteiger partial charge in [0.25, 0.3) is 0 Å². The summed E-state index contributed by atoms with van der Waals surface area (Å²) in [7, 11) is 0. The maximum atomic E-state index is 3.27. The molecule has 0 saturated heterocycles. The van der Waals surface area contributed by atoms with E-state index in [0.717, 1.165) is 0 Å². The van der Waals surface area contributed by atoms with Crippen molar-refractivity contribution in [2.75, 3.05) is 0 Å². The predicted molar refractivity (Wildman–Crippen MR) is 67.9 cm³/mol. The average molecular weight is 204 g/mol. The highest BCUT2D eigenvalue weighted by atomic mass is 14.1. The van der Waals surface area contributed by atoms with Crippen LogP contribution in [0.4, 0.5) is 0 Å².